The van der Waals surface area contributed by atoms with Crippen molar-refractivity contribution in [1.29, 1.82) is 0 Å². The summed E-state index contributed by atoms with van der Waals surface area (Å²) in [5, 5.41) is 3.52. The zero-order chi connectivity index (χ0) is 14.5. The van der Waals surface area contributed by atoms with Crippen molar-refractivity contribution in [3.8, 4) is 0 Å². The minimum Gasteiger partial charge on any atom is -0.379 e. The van der Waals surface area contributed by atoms with Crippen molar-refractivity contribution >= 4 is 5.69 Å². The number of hydrogen-bond acceptors (Lipinski definition) is 2. The predicted octanol–water partition coefficient (Wildman–Crippen LogP) is 3.62. The third-order valence-electron chi connectivity index (χ3n) is 3.63. The SMILES string of the molecule is Cn1cncc1CNc1ccccc1Cc1ccccc1. The van der Waals surface area contributed by atoms with Crippen LogP contribution in [0.3, 0.4) is 0 Å². The van der Waals surface area contributed by atoms with Gasteiger partial charge in [-0.2, -0.15) is 0 Å². The summed E-state index contributed by atoms with van der Waals surface area (Å²) in [5.74, 6) is 0. The second-order valence-electron chi connectivity index (χ2n) is 5.17. The van der Waals surface area contributed by atoms with Crippen molar-refractivity contribution < 1.29 is 0 Å². The van der Waals surface area contributed by atoms with Crippen LogP contribution < -0.4 is 5.32 Å². The van der Waals surface area contributed by atoms with E-state index in [1.54, 1.807) is 0 Å². The normalized spacial score (nSPS) is 10.5. The monoisotopic (exact) mass is 277 g/mol. The Balaban J connectivity index is 1.75. The van der Waals surface area contributed by atoms with Crippen LogP contribution in [0.15, 0.2) is 67.1 Å². The summed E-state index contributed by atoms with van der Waals surface area (Å²) in [5.41, 5.74) is 4.99. The zero-order valence-electron chi connectivity index (χ0n) is 12.2. The molecule has 1 heterocycles. The number of aromatic nitrogens is 2. The summed E-state index contributed by atoms with van der Waals surface area (Å²) >= 11 is 0. The summed E-state index contributed by atoms with van der Waals surface area (Å²) < 4.78 is 2.03. The summed E-state index contributed by atoms with van der Waals surface area (Å²) in [4.78, 5) is 4.15. The van der Waals surface area contributed by atoms with E-state index in [9.17, 15) is 0 Å². The van der Waals surface area contributed by atoms with Gasteiger partial charge in [0.15, 0.2) is 0 Å². The van der Waals surface area contributed by atoms with E-state index >= 15 is 0 Å². The molecular formula is C18H19N3. The molecule has 3 heteroatoms. The first-order valence-electron chi connectivity index (χ1n) is 7.14. The highest BCUT2D eigenvalue weighted by Gasteiger charge is 2.04. The number of aryl methyl sites for hydroxylation is 1. The molecule has 0 amide bonds. The fraction of sp³-hybridized carbons (Fsp3) is 0.167. The number of anilines is 1. The summed E-state index contributed by atoms with van der Waals surface area (Å²) in [6, 6.07) is 19.0. The lowest BCUT2D eigenvalue weighted by Crippen LogP contribution is -2.06. The maximum absolute atomic E-state index is 4.15. The Bertz CT molecular complexity index is 701. The summed E-state index contributed by atoms with van der Waals surface area (Å²) in [6.07, 6.45) is 4.66. The highest BCUT2D eigenvalue weighted by molar-refractivity contribution is 5.52. The third kappa shape index (κ3) is 3.31. The van der Waals surface area contributed by atoms with Gasteiger partial charge in [-0.1, -0.05) is 48.5 Å². The smallest absolute Gasteiger partial charge is 0.0946 e. The molecule has 106 valence electrons. The van der Waals surface area contributed by atoms with Crippen LogP contribution in [0.5, 0.6) is 0 Å². The molecule has 0 radical (unpaired) electrons. The zero-order valence-corrected chi connectivity index (χ0v) is 12.2. The molecule has 3 nitrogen and oxygen atoms in total. The van der Waals surface area contributed by atoms with Gasteiger partial charge in [-0.05, 0) is 23.6 Å². The number of hydrogen-bond donors (Lipinski definition) is 1. The Hall–Kier alpha value is -2.55. The molecule has 0 unspecified atom stereocenters. The lowest BCUT2D eigenvalue weighted by atomic mass is 10.0. The van der Waals surface area contributed by atoms with E-state index in [0.717, 1.165) is 13.0 Å². The van der Waals surface area contributed by atoms with Gasteiger partial charge in [0, 0.05) is 18.9 Å². The first-order valence-corrected chi connectivity index (χ1v) is 7.14. The van der Waals surface area contributed by atoms with Crippen LogP contribution in [-0.2, 0) is 20.0 Å². The molecule has 0 saturated carbocycles. The van der Waals surface area contributed by atoms with E-state index < -0.39 is 0 Å². The largest absolute Gasteiger partial charge is 0.379 e. The van der Waals surface area contributed by atoms with Gasteiger partial charge >= 0.3 is 0 Å². The van der Waals surface area contributed by atoms with E-state index in [0.29, 0.717) is 0 Å². The van der Waals surface area contributed by atoms with Crippen molar-refractivity contribution in [3.05, 3.63) is 83.9 Å². The molecule has 0 atom stereocenters. The van der Waals surface area contributed by atoms with Crippen LogP contribution >= 0.6 is 0 Å². The van der Waals surface area contributed by atoms with Crippen LogP contribution in [0.1, 0.15) is 16.8 Å². The number of para-hydroxylation sites is 1. The number of imidazole rings is 1. The molecule has 0 aliphatic heterocycles. The van der Waals surface area contributed by atoms with E-state index in [1.807, 2.05) is 24.1 Å². The molecule has 21 heavy (non-hydrogen) atoms. The molecular weight excluding hydrogens is 258 g/mol. The molecule has 3 aromatic rings. The Morgan fingerprint density at radius 3 is 2.52 bits per heavy atom. The lowest BCUT2D eigenvalue weighted by molar-refractivity contribution is 0.837. The first-order chi connectivity index (χ1) is 10.3. The lowest BCUT2D eigenvalue weighted by Gasteiger charge is -2.12. The Morgan fingerprint density at radius 1 is 1.00 bits per heavy atom. The molecule has 0 bridgehead atoms. The minimum absolute atomic E-state index is 0.780. The standard InChI is InChI=1S/C18H19N3/c1-21-14-19-12-17(21)13-20-18-10-6-5-9-16(18)11-15-7-3-2-4-8-15/h2-10,12,14,20H,11,13H2,1H3. The Kier molecular flexibility index (Phi) is 4.01. The maximum Gasteiger partial charge on any atom is 0.0946 e. The molecule has 0 spiro atoms. The molecule has 1 aromatic heterocycles. The van der Waals surface area contributed by atoms with Crippen LogP contribution in [0.25, 0.3) is 0 Å². The van der Waals surface area contributed by atoms with E-state index in [1.165, 1.54) is 22.5 Å². The predicted molar refractivity (Wildman–Crippen MR) is 86.2 cm³/mol. The number of nitrogens with one attached hydrogen (secondary N) is 1. The average molecular weight is 277 g/mol. The van der Waals surface area contributed by atoms with E-state index in [-0.39, 0.29) is 0 Å². The molecule has 0 aliphatic carbocycles. The van der Waals surface area contributed by atoms with Gasteiger partial charge in [0.05, 0.1) is 18.6 Å². The van der Waals surface area contributed by atoms with Crippen molar-refractivity contribution in [2.45, 2.75) is 13.0 Å². The Labute approximate surface area is 125 Å². The van der Waals surface area contributed by atoms with Crippen molar-refractivity contribution in [2.24, 2.45) is 7.05 Å². The van der Waals surface area contributed by atoms with Gasteiger partial charge in [-0.25, -0.2) is 4.98 Å². The highest BCUT2D eigenvalue weighted by Crippen LogP contribution is 2.19. The van der Waals surface area contributed by atoms with E-state index in [4.69, 9.17) is 0 Å². The van der Waals surface area contributed by atoms with Crippen LogP contribution in [0.2, 0.25) is 0 Å². The van der Waals surface area contributed by atoms with Crippen LogP contribution in [0.4, 0.5) is 5.69 Å². The van der Waals surface area contributed by atoms with E-state index in [2.05, 4.69) is 64.9 Å². The topological polar surface area (TPSA) is 29.9 Å². The van der Waals surface area contributed by atoms with Gasteiger partial charge in [-0.3, -0.25) is 0 Å². The summed E-state index contributed by atoms with van der Waals surface area (Å²) in [6.45, 7) is 0.780. The molecule has 0 fully saturated rings. The van der Waals surface area contributed by atoms with Crippen molar-refractivity contribution in [1.82, 2.24) is 9.55 Å². The molecule has 3 rings (SSSR count). The van der Waals surface area contributed by atoms with Gasteiger partial charge in [0.25, 0.3) is 0 Å². The molecule has 1 N–H and O–H groups in total. The maximum atomic E-state index is 4.15. The third-order valence-corrected chi connectivity index (χ3v) is 3.63. The molecule has 0 aliphatic rings. The number of nitrogens with zero attached hydrogens (tertiary/aromatic N) is 2. The summed E-state index contributed by atoms with van der Waals surface area (Å²) in [7, 11) is 2.01. The second kappa shape index (κ2) is 6.27. The first kappa shape index (κ1) is 13.4. The van der Waals surface area contributed by atoms with Gasteiger partial charge < -0.3 is 9.88 Å². The molecule has 0 saturated heterocycles. The molecule has 2 aromatic carbocycles. The van der Waals surface area contributed by atoms with Crippen LogP contribution in [-0.4, -0.2) is 9.55 Å². The highest BCUT2D eigenvalue weighted by atomic mass is 15.0. The van der Waals surface area contributed by atoms with Crippen LogP contribution in [0, 0.1) is 0 Å². The average Bonchev–Trinajstić information content (AvgIpc) is 2.93. The second-order valence-corrected chi connectivity index (χ2v) is 5.17. The number of benzene rings is 2. The number of rotatable bonds is 5. The Morgan fingerprint density at radius 2 is 1.76 bits per heavy atom. The van der Waals surface area contributed by atoms with Gasteiger partial charge in [0.1, 0.15) is 0 Å². The van der Waals surface area contributed by atoms with Crippen molar-refractivity contribution in [3.63, 3.8) is 0 Å². The van der Waals surface area contributed by atoms with Gasteiger partial charge in [-0.15, -0.1) is 0 Å². The minimum atomic E-state index is 0.780. The quantitative estimate of drug-likeness (QED) is 0.772. The fourth-order valence-corrected chi connectivity index (χ4v) is 2.40. The van der Waals surface area contributed by atoms with Crippen molar-refractivity contribution in [2.75, 3.05) is 5.32 Å². The fourth-order valence-electron chi connectivity index (χ4n) is 2.40. The van der Waals surface area contributed by atoms with Gasteiger partial charge in [0.2, 0.25) is 0 Å².